The molecule has 0 saturated carbocycles. The quantitative estimate of drug-likeness (QED) is 0.450. The summed E-state index contributed by atoms with van der Waals surface area (Å²) in [5.41, 5.74) is 4.84. The lowest BCUT2D eigenvalue weighted by Crippen LogP contribution is -2.21. The van der Waals surface area contributed by atoms with Crippen LogP contribution in [0.5, 0.6) is 0 Å². The molecule has 1 unspecified atom stereocenters. The Morgan fingerprint density at radius 1 is 1.12 bits per heavy atom. The molecule has 5 heterocycles. The van der Waals surface area contributed by atoms with Crippen molar-refractivity contribution in [1.29, 1.82) is 0 Å². The highest BCUT2D eigenvalue weighted by molar-refractivity contribution is 5.84. The number of hydrogen-bond acceptors (Lipinski definition) is 6. The van der Waals surface area contributed by atoms with Crippen LogP contribution in [0.15, 0.2) is 61.3 Å². The van der Waals surface area contributed by atoms with E-state index >= 15 is 0 Å². The molecule has 32 heavy (non-hydrogen) atoms. The number of fused-ring (bicyclic) bond motifs is 1. The number of nitrogens with zero attached hydrogens (tertiary/aromatic N) is 6. The van der Waals surface area contributed by atoms with Gasteiger partial charge in [0.2, 0.25) is 0 Å². The molecule has 0 bridgehead atoms. The van der Waals surface area contributed by atoms with E-state index in [-0.39, 0.29) is 5.78 Å². The first-order chi connectivity index (χ1) is 15.6. The van der Waals surface area contributed by atoms with Gasteiger partial charge in [-0.15, -0.1) is 0 Å². The summed E-state index contributed by atoms with van der Waals surface area (Å²) in [7, 11) is 0. The predicted molar refractivity (Wildman–Crippen MR) is 122 cm³/mol. The zero-order chi connectivity index (χ0) is 21.9. The lowest BCUT2D eigenvalue weighted by Gasteiger charge is -2.15. The molecule has 5 rings (SSSR count). The molecule has 0 aliphatic carbocycles. The van der Waals surface area contributed by atoms with Crippen LogP contribution in [0.2, 0.25) is 0 Å². The summed E-state index contributed by atoms with van der Waals surface area (Å²) in [5, 5.41) is 5.49. The lowest BCUT2D eigenvalue weighted by atomic mass is 9.99. The number of carbonyl (C=O) groups is 1. The molecule has 1 aliphatic rings. The third-order valence-electron chi connectivity index (χ3n) is 6.03. The number of rotatable bonds is 7. The normalized spacial score (nSPS) is 16.6. The van der Waals surface area contributed by atoms with Gasteiger partial charge in [-0.25, -0.2) is 4.68 Å². The summed E-state index contributed by atoms with van der Waals surface area (Å²) in [6, 6.07) is 9.97. The number of pyridine rings is 3. The minimum absolute atomic E-state index is 0.252. The molecule has 0 radical (unpaired) electrons. The van der Waals surface area contributed by atoms with Crippen molar-refractivity contribution >= 4 is 16.7 Å². The molecular formula is C25H26N6O. The second-order valence-electron chi connectivity index (χ2n) is 8.62. The standard InChI is InChI=1S/C25H26N6O/c1-18-9-23(4-7-27-18)31-25-15-28-22(11-21(25)14-29-31)12-24(32)10-19-5-8-30(16-19)17-20-3-2-6-26-13-20/h2-4,6-7,9,11,13-15,19H,5,8,10,12,16-17H2,1H3. The Morgan fingerprint density at radius 2 is 2.06 bits per heavy atom. The fourth-order valence-corrected chi connectivity index (χ4v) is 4.51. The molecular weight excluding hydrogens is 400 g/mol. The van der Waals surface area contributed by atoms with Gasteiger partial charge in [-0.05, 0) is 55.6 Å². The lowest BCUT2D eigenvalue weighted by molar-refractivity contribution is -0.119. The molecule has 0 amide bonds. The van der Waals surface area contributed by atoms with E-state index in [1.807, 2.05) is 54.5 Å². The smallest absolute Gasteiger partial charge is 0.139 e. The Kier molecular flexibility index (Phi) is 5.73. The van der Waals surface area contributed by atoms with Crippen molar-refractivity contribution in [3.63, 3.8) is 0 Å². The Labute approximate surface area is 187 Å². The molecule has 7 heteroatoms. The van der Waals surface area contributed by atoms with Gasteiger partial charge in [-0.3, -0.25) is 24.6 Å². The third-order valence-corrected chi connectivity index (χ3v) is 6.03. The van der Waals surface area contributed by atoms with Crippen LogP contribution < -0.4 is 0 Å². The zero-order valence-corrected chi connectivity index (χ0v) is 18.2. The number of ketones is 1. The highest BCUT2D eigenvalue weighted by Gasteiger charge is 2.24. The van der Waals surface area contributed by atoms with Crippen molar-refractivity contribution in [1.82, 2.24) is 29.6 Å². The van der Waals surface area contributed by atoms with Gasteiger partial charge in [-0.2, -0.15) is 5.10 Å². The monoisotopic (exact) mass is 426 g/mol. The van der Waals surface area contributed by atoms with Crippen molar-refractivity contribution < 1.29 is 4.79 Å². The molecule has 0 spiro atoms. The number of aromatic nitrogens is 5. The van der Waals surface area contributed by atoms with E-state index in [1.54, 1.807) is 12.4 Å². The number of hydrogen-bond donors (Lipinski definition) is 0. The van der Waals surface area contributed by atoms with E-state index in [9.17, 15) is 4.79 Å². The number of aryl methyl sites for hydroxylation is 1. The van der Waals surface area contributed by atoms with Gasteiger partial charge in [0.25, 0.3) is 0 Å². The molecule has 4 aromatic heterocycles. The molecule has 0 aromatic carbocycles. The van der Waals surface area contributed by atoms with Crippen LogP contribution in [0.1, 0.15) is 29.8 Å². The molecule has 162 valence electrons. The topological polar surface area (TPSA) is 76.8 Å². The average Bonchev–Trinajstić information content (AvgIpc) is 3.41. The van der Waals surface area contributed by atoms with E-state index < -0.39 is 0 Å². The van der Waals surface area contributed by atoms with Gasteiger partial charge in [0.05, 0.1) is 23.6 Å². The Balaban J connectivity index is 1.20. The largest absolute Gasteiger partial charge is 0.299 e. The Hall–Kier alpha value is -3.45. The summed E-state index contributed by atoms with van der Waals surface area (Å²) in [5.74, 6) is 0.669. The number of carbonyl (C=O) groups excluding carboxylic acids is 1. The summed E-state index contributed by atoms with van der Waals surface area (Å²) in [6.45, 7) is 4.85. The fourth-order valence-electron chi connectivity index (χ4n) is 4.51. The van der Waals surface area contributed by atoms with Crippen LogP contribution in [-0.2, 0) is 17.8 Å². The second kappa shape index (κ2) is 8.96. The first-order valence-electron chi connectivity index (χ1n) is 11.0. The molecule has 4 aromatic rings. The maximum absolute atomic E-state index is 12.7. The molecule has 1 atom stereocenters. The van der Waals surface area contributed by atoms with Crippen LogP contribution in [0.4, 0.5) is 0 Å². The number of likely N-dealkylation sites (tertiary alicyclic amines) is 1. The molecule has 1 fully saturated rings. The van der Waals surface area contributed by atoms with Crippen LogP contribution >= 0.6 is 0 Å². The Bertz CT molecular complexity index is 1240. The van der Waals surface area contributed by atoms with E-state index in [2.05, 4.69) is 31.0 Å². The maximum atomic E-state index is 12.7. The molecule has 1 saturated heterocycles. The van der Waals surface area contributed by atoms with Crippen molar-refractivity contribution in [3.8, 4) is 5.69 Å². The average molecular weight is 427 g/mol. The van der Waals surface area contributed by atoms with Gasteiger partial charge in [0.15, 0.2) is 0 Å². The van der Waals surface area contributed by atoms with E-state index in [4.69, 9.17) is 0 Å². The minimum Gasteiger partial charge on any atom is -0.299 e. The minimum atomic E-state index is 0.252. The molecule has 1 aliphatic heterocycles. The van der Waals surface area contributed by atoms with Crippen molar-refractivity contribution in [2.24, 2.45) is 5.92 Å². The summed E-state index contributed by atoms with van der Waals surface area (Å²) in [6.07, 6.45) is 11.2. The maximum Gasteiger partial charge on any atom is 0.139 e. The van der Waals surface area contributed by atoms with Gasteiger partial charge in [-0.1, -0.05) is 6.07 Å². The van der Waals surface area contributed by atoms with Gasteiger partial charge in [0.1, 0.15) is 5.78 Å². The summed E-state index contributed by atoms with van der Waals surface area (Å²) < 4.78 is 1.86. The van der Waals surface area contributed by atoms with E-state index in [0.29, 0.717) is 18.8 Å². The van der Waals surface area contributed by atoms with Crippen molar-refractivity contribution in [2.45, 2.75) is 32.7 Å². The van der Waals surface area contributed by atoms with Gasteiger partial charge >= 0.3 is 0 Å². The Morgan fingerprint density at radius 3 is 2.91 bits per heavy atom. The predicted octanol–water partition coefficient (Wildman–Crippen LogP) is 3.54. The molecule has 0 N–H and O–H groups in total. The SMILES string of the molecule is Cc1cc(-n2ncc3cc(CC(=O)CC4CCN(Cc5cccnc5)C4)ncc32)ccn1. The van der Waals surface area contributed by atoms with Crippen molar-refractivity contribution in [2.75, 3.05) is 13.1 Å². The highest BCUT2D eigenvalue weighted by Crippen LogP contribution is 2.23. The van der Waals surface area contributed by atoms with Crippen LogP contribution in [0, 0.1) is 12.8 Å². The van der Waals surface area contributed by atoms with Gasteiger partial charge < -0.3 is 0 Å². The van der Waals surface area contributed by atoms with Crippen LogP contribution in [-0.4, -0.2) is 48.5 Å². The van der Waals surface area contributed by atoms with E-state index in [1.165, 1.54) is 5.56 Å². The number of Topliss-reactive ketones (excluding diaryl/α,β-unsaturated/α-hetero) is 1. The fraction of sp³-hybridized carbons (Fsp3) is 0.320. The summed E-state index contributed by atoms with van der Waals surface area (Å²) >= 11 is 0. The van der Waals surface area contributed by atoms with Crippen LogP contribution in [0.3, 0.4) is 0 Å². The zero-order valence-electron chi connectivity index (χ0n) is 18.2. The first-order valence-corrected chi connectivity index (χ1v) is 11.0. The third kappa shape index (κ3) is 4.57. The van der Waals surface area contributed by atoms with Crippen LogP contribution in [0.25, 0.3) is 16.6 Å². The summed E-state index contributed by atoms with van der Waals surface area (Å²) in [4.78, 5) is 28.1. The van der Waals surface area contributed by atoms with E-state index in [0.717, 1.165) is 54.0 Å². The second-order valence-corrected chi connectivity index (χ2v) is 8.62. The first kappa shape index (κ1) is 20.5. The van der Waals surface area contributed by atoms with Crippen molar-refractivity contribution in [3.05, 3.63) is 78.3 Å². The van der Waals surface area contributed by atoms with Gasteiger partial charge in [0, 0.05) is 61.3 Å². The highest BCUT2D eigenvalue weighted by atomic mass is 16.1. The molecule has 7 nitrogen and oxygen atoms in total.